The number of hydrogen-bond donors (Lipinski definition) is 0. The second-order valence-corrected chi connectivity index (χ2v) is 4.68. The third-order valence-corrected chi connectivity index (χ3v) is 3.09. The van der Waals surface area contributed by atoms with Gasteiger partial charge in [-0.2, -0.15) is 0 Å². The zero-order valence-electron chi connectivity index (χ0n) is 12.4. The minimum Gasteiger partial charge on any atom is -0.466 e. The van der Waals surface area contributed by atoms with Crippen molar-refractivity contribution < 1.29 is 19.1 Å². The molecule has 0 N–H and O–H groups in total. The molecule has 0 radical (unpaired) electrons. The van der Waals surface area contributed by atoms with Gasteiger partial charge in [-0.15, -0.1) is 0 Å². The van der Waals surface area contributed by atoms with Crippen LogP contribution in [-0.4, -0.2) is 18.5 Å². The SMILES string of the molecule is CCOC(=O)C[C@@H](OC(=O)c1ccccc1)c1ccccc1. The summed E-state index contributed by atoms with van der Waals surface area (Å²) in [4.78, 5) is 23.9. The molecule has 2 rings (SSSR count). The predicted molar refractivity (Wildman–Crippen MR) is 82.3 cm³/mol. The van der Waals surface area contributed by atoms with Crippen LogP contribution in [0.1, 0.15) is 35.4 Å². The second kappa shape index (κ2) is 7.98. The van der Waals surface area contributed by atoms with Crippen LogP contribution in [0, 0.1) is 0 Å². The summed E-state index contributed by atoms with van der Waals surface area (Å²) >= 11 is 0. The number of ether oxygens (including phenoxy) is 2. The fourth-order valence-electron chi connectivity index (χ4n) is 2.04. The summed E-state index contributed by atoms with van der Waals surface area (Å²) in [6.07, 6.45) is -0.663. The van der Waals surface area contributed by atoms with Gasteiger partial charge >= 0.3 is 11.9 Å². The summed E-state index contributed by atoms with van der Waals surface area (Å²) < 4.78 is 10.5. The van der Waals surface area contributed by atoms with Crippen LogP contribution in [0.5, 0.6) is 0 Å². The van der Waals surface area contributed by atoms with Gasteiger partial charge in [0, 0.05) is 0 Å². The van der Waals surface area contributed by atoms with Crippen LogP contribution in [-0.2, 0) is 14.3 Å². The molecule has 0 bridgehead atoms. The molecular formula is C18H18O4. The van der Waals surface area contributed by atoms with E-state index < -0.39 is 18.0 Å². The molecule has 0 spiro atoms. The van der Waals surface area contributed by atoms with Gasteiger partial charge in [-0.1, -0.05) is 48.5 Å². The van der Waals surface area contributed by atoms with Crippen molar-refractivity contribution in [3.8, 4) is 0 Å². The highest BCUT2D eigenvalue weighted by molar-refractivity contribution is 5.89. The third-order valence-electron chi connectivity index (χ3n) is 3.09. The summed E-state index contributed by atoms with van der Waals surface area (Å²) in [6.45, 7) is 2.04. The standard InChI is InChI=1S/C18H18O4/c1-2-21-17(19)13-16(14-9-5-3-6-10-14)22-18(20)15-11-7-4-8-12-15/h3-12,16H,2,13H2,1H3/t16-/m1/s1. The molecule has 1 atom stereocenters. The Bertz CT molecular complexity index is 607. The number of carbonyl (C=O) groups is 2. The molecular weight excluding hydrogens is 280 g/mol. The average Bonchev–Trinajstić information content (AvgIpc) is 2.56. The van der Waals surface area contributed by atoms with Gasteiger partial charge in [0.1, 0.15) is 6.10 Å². The summed E-state index contributed by atoms with van der Waals surface area (Å²) in [5, 5.41) is 0. The van der Waals surface area contributed by atoms with Gasteiger partial charge < -0.3 is 9.47 Å². The quantitative estimate of drug-likeness (QED) is 0.765. The lowest BCUT2D eigenvalue weighted by Crippen LogP contribution is -2.17. The lowest BCUT2D eigenvalue weighted by molar-refractivity contribution is -0.145. The Morgan fingerprint density at radius 3 is 2.14 bits per heavy atom. The van der Waals surface area contributed by atoms with Crippen molar-refractivity contribution in [2.24, 2.45) is 0 Å². The van der Waals surface area contributed by atoms with E-state index in [0.717, 1.165) is 5.56 Å². The van der Waals surface area contributed by atoms with Crippen molar-refractivity contribution in [2.45, 2.75) is 19.4 Å². The number of rotatable bonds is 6. The first-order valence-electron chi connectivity index (χ1n) is 7.17. The molecule has 0 heterocycles. The first-order valence-corrected chi connectivity index (χ1v) is 7.17. The summed E-state index contributed by atoms with van der Waals surface area (Å²) in [5.41, 5.74) is 1.21. The van der Waals surface area contributed by atoms with Gasteiger partial charge in [0.15, 0.2) is 0 Å². The highest BCUT2D eigenvalue weighted by atomic mass is 16.6. The van der Waals surface area contributed by atoms with Crippen LogP contribution in [0.15, 0.2) is 60.7 Å². The van der Waals surface area contributed by atoms with Gasteiger partial charge in [0.25, 0.3) is 0 Å². The molecule has 0 aliphatic carbocycles. The van der Waals surface area contributed by atoms with Gasteiger partial charge in [-0.3, -0.25) is 4.79 Å². The minimum absolute atomic E-state index is 0.00354. The van der Waals surface area contributed by atoms with E-state index in [1.807, 2.05) is 36.4 Å². The summed E-state index contributed by atoms with van der Waals surface area (Å²) in [7, 11) is 0. The lowest BCUT2D eigenvalue weighted by Gasteiger charge is -2.17. The fourth-order valence-corrected chi connectivity index (χ4v) is 2.04. The molecule has 0 unspecified atom stereocenters. The van der Waals surface area contributed by atoms with Crippen molar-refractivity contribution in [1.29, 1.82) is 0 Å². The normalized spacial score (nSPS) is 11.5. The fraction of sp³-hybridized carbons (Fsp3) is 0.222. The molecule has 114 valence electrons. The van der Waals surface area contributed by atoms with E-state index in [1.54, 1.807) is 31.2 Å². The highest BCUT2D eigenvalue weighted by Crippen LogP contribution is 2.23. The van der Waals surface area contributed by atoms with Crippen LogP contribution < -0.4 is 0 Å². The monoisotopic (exact) mass is 298 g/mol. The topological polar surface area (TPSA) is 52.6 Å². The van der Waals surface area contributed by atoms with E-state index in [4.69, 9.17) is 9.47 Å². The Hall–Kier alpha value is -2.62. The van der Waals surface area contributed by atoms with E-state index in [0.29, 0.717) is 12.2 Å². The molecule has 22 heavy (non-hydrogen) atoms. The molecule has 4 nitrogen and oxygen atoms in total. The van der Waals surface area contributed by atoms with Gasteiger partial charge in [-0.05, 0) is 24.6 Å². The predicted octanol–water partition coefficient (Wildman–Crippen LogP) is 3.54. The van der Waals surface area contributed by atoms with Crippen LogP contribution in [0.25, 0.3) is 0 Å². The smallest absolute Gasteiger partial charge is 0.338 e. The average molecular weight is 298 g/mol. The summed E-state index contributed by atoms with van der Waals surface area (Å²) in [5.74, 6) is -0.851. The first kappa shape index (κ1) is 15.8. The van der Waals surface area contributed by atoms with Gasteiger partial charge in [0.2, 0.25) is 0 Å². The van der Waals surface area contributed by atoms with E-state index >= 15 is 0 Å². The number of esters is 2. The molecule has 0 aliphatic heterocycles. The minimum atomic E-state index is -0.659. The van der Waals surface area contributed by atoms with Crippen LogP contribution >= 0.6 is 0 Å². The van der Waals surface area contributed by atoms with Crippen molar-refractivity contribution in [2.75, 3.05) is 6.61 Å². The maximum Gasteiger partial charge on any atom is 0.338 e. The van der Waals surface area contributed by atoms with E-state index in [9.17, 15) is 9.59 Å². The van der Waals surface area contributed by atoms with Gasteiger partial charge in [0.05, 0.1) is 18.6 Å². The van der Waals surface area contributed by atoms with Crippen molar-refractivity contribution in [1.82, 2.24) is 0 Å². The Labute approximate surface area is 129 Å². The second-order valence-electron chi connectivity index (χ2n) is 4.68. The molecule has 0 aromatic heterocycles. The van der Waals surface area contributed by atoms with E-state index in [-0.39, 0.29) is 6.42 Å². The molecule has 0 amide bonds. The number of carbonyl (C=O) groups excluding carboxylic acids is 2. The Kier molecular flexibility index (Phi) is 5.72. The molecule has 0 saturated carbocycles. The number of benzene rings is 2. The molecule has 0 saturated heterocycles. The first-order chi connectivity index (χ1) is 10.7. The molecule has 2 aromatic rings. The highest BCUT2D eigenvalue weighted by Gasteiger charge is 2.21. The summed E-state index contributed by atoms with van der Waals surface area (Å²) in [6, 6.07) is 17.9. The maximum atomic E-state index is 12.2. The Morgan fingerprint density at radius 1 is 0.955 bits per heavy atom. The van der Waals surface area contributed by atoms with E-state index in [2.05, 4.69) is 0 Å². The van der Waals surface area contributed by atoms with Crippen LogP contribution in [0.4, 0.5) is 0 Å². The molecule has 0 fully saturated rings. The third kappa shape index (κ3) is 4.45. The zero-order chi connectivity index (χ0) is 15.8. The zero-order valence-corrected chi connectivity index (χ0v) is 12.4. The molecule has 2 aromatic carbocycles. The van der Waals surface area contributed by atoms with Crippen molar-refractivity contribution >= 4 is 11.9 Å². The van der Waals surface area contributed by atoms with Crippen molar-refractivity contribution in [3.05, 3.63) is 71.8 Å². The number of hydrogen-bond acceptors (Lipinski definition) is 4. The van der Waals surface area contributed by atoms with Gasteiger partial charge in [-0.25, -0.2) is 4.79 Å². The lowest BCUT2D eigenvalue weighted by atomic mass is 10.1. The van der Waals surface area contributed by atoms with E-state index in [1.165, 1.54) is 0 Å². The molecule has 4 heteroatoms. The molecule has 0 aliphatic rings. The van der Waals surface area contributed by atoms with Crippen LogP contribution in [0.2, 0.25) is 0 Å². The largest absolute Gasteiger partial charge is 0.466 e. The Balaban J connectivity index is 2.14. The van der Waals surface area contributed by atoms with Crippen LogP contribution in [0.3, 0.4) is 0 Å². The Morgan fingerprint density at radius 2 is 1.55 bits per heavy atom. The maximum absolute atomic E-state index is 12.2. The van der Waals surface area contributed by atoms with Crippen molar-refractivity contribution in [3.63, 3.8) is 0 Å².